The highest BCUT2D eigenvalue weighted by atomic mass is 19.2. The molecular formula is C22H23F3N4O3. The highest BCUT2D eigenvalue weighted by Crippen LogP contribution is 2.22. The number of amides is 2. The van der Waals surface area contributed by atoms with E-state index in [0.717, 1.165) is 12.8 Å². The minimum atomic E-state index is -1.40. The summed E-state index contributed by atoms with van der Waals surface area (Å²) in [4.78, 5) is 32.8. The molecule has 1 aromatic heterocycles. The van der Waals surface area contributed by atoms with Crippen LogP contribution in [-0.2, 0) is 4.74 Å². The normalized spacial score (nSPS) is 18.7. The molecule has 10 heteroatoms. The van der Waals surface area contributed by atoms with E-state index in [-0.39, 0.29) is 25.1 Å². The van der Waals surface area contributed by atoms with Crippen molar-refractivity contribution in [3.05, 3.63) is 59.0 Å². The predicted molar refractivity (Wildman–Crippen MR) is 110 cm³/mol. The van der Waals surface area contributed by atoms with Crippen molar-refractivity contribution in [2.75, 3.05) is 44.2 Å². The first-order chi connectivity index (χ1) is 15.4. The van der Waals surface area contributed by atoms with E-state index >= 15 is 0 Å². The molecule has 170 valence electrons. The number of benzene rings is 1. The first-order valence-corrected chi connectivity index (χ1v) is 10.5. The standard InChI is InChI=1S/C22H23F3N4O3/c23-14-11-17(19(25)18(24)12-14)22(31)29-8-6-28(7-9-29)20-16(4-1-5-26-20)21(30)27-13-15-3-2-10-32-15/h1,4-5,11-12,15H,2-3,6-10,13H2,(H,27,30)/t15-/m0/s1. The lowest BCUT2D eigenvalue weighted by Gasteiger charge is -2.36. The summed E-state index contributed by atoms with van der Waals surface area (Å²) in [5.74, 6) is -4.35. The average Bonchev–Trinajstić information content (AvgIpc) is 3.33. The zero-order valence-corrected chi connectivity index (χ0v) is 17.3. The van der Waals surface area contributed by atoms with E-state index in [4.69, 9.17) is 4.74 Å². The quantitative estimate of drug-likeness (QED) is 0.711. The molecule has 0 bridgehead atoms. The minimum Gasteiger partial charge on any atom is -0.376 e. The van der Waals surface area contributed by atoms with Gasteiger partial charge in [0.25, 0.3) is 11.8 Å². The van der Waals surface area contributed by atoms with Gasteiger partial charge in [0.15, 0.2) is 11.6 Å². The first kappa shape index (κ1) is 22.1. The van der Waals surface area contributed by atoms with Crippen LogP contribution < -0.4 is 10.2 Å². The fourth-order valence-electron chi connectivity index (χ4n) is 3.94. The maximum absolute atomic E-state index is 14.0. The van der Waals surface area contributed by atoms with Gasteiger partial charge in [0.05, 0.1) is 17.2 Å². The third-order valence-electron chi connectivity index (χ3n) is 5.64. The second-order valence-corrected chi connectivity index (χ2v) is 7.75. The lowest BCUT2D eigenvalue weighted by Crippen LogP contribution is -2.49. The molecule has 0 spiro atoms. The van der Waals surface area contributed by atoms with Gasteiger partial charge in [-0.25, -0.2) is 18.2 Å². The van der Waals surface area contributed by atoms with E-state index in [1.807, 2.05) is 4.90 Å². The lowest BCUT2D eigenvalue weighted by molar-refractivity contribution is 0.0739. The monoisotopic (exact) mass is 448 g/mol. The third kappa shape index (κ3) is 4.69. The van der Waals surface area contributed by atoms with Crippen molar-refractivity contribution in [3.8, 4) is 0 Å². The Kier molecular flexibility index (Phi) is 6.59. The molecule has 1 aromatic carbocycles. The number of anilines is 1. The fraction of sp³-hybridized carbons (Fsp3) is 0.409. The van der Waals surface area contributed by atoms with Crippen LogP contribution in [0.25, 0.3) is 0 Å². The van der Waals surface area contributed by atoms with Gasteiger partial charge < -0.3 is 19.9 Å². The molecule has 2 aliphatic heterocycles. The summed E-state index contributed by atoms with van der Waals surface area (Å²) in [7, 11) is 0. The van der Waals surface area contributed by atoms with Crippen molar-refractivity contribution >= 4 is 17.6 Å². The van der Waals surface area contributed by atoms with Crippen molar-refractivity contribution in [1.29, 1.82) is 0 Å². The van der Waals surface area contributed by atoms with Crippen LogP contribution in [0.2, 0.25) is 0 Å². The van der Waals surface area contributed by atoms with Crippen molar-refractivity contribution in [1.82, 2.24) is 15.2 Å². The number of carbonyl (C=O) groups is 2. The molecule has 32 heavy (non-hydrogen) atoms. The largest absolute Gasteiger partial charge is 0.376 e. The number of hydrogen-bond acceptors (Lipinski definition) is 5. The Balaban J connectivity index is 1.41. The number of ether oxygens (including phenoxy) is 1. The van der Waals surface area contributed by atoms with E-state index in [1.165, 1.54) is 4.90 Å². The van der Waals surface area contributed by atoms with Crippen LogP contribution in [0.4, 0.5) is 19.0 Å². The molecule has 0 saturated carbocycles. The maximum atomic E-state index is 14.0. The minimum absolute atomic E-state index is 0.0154. The average molecular weight is 448 g/mol. The van der Waals surface area contributed by atoms with Gasteiger partial charge in [0.2, 0.25) is 0 Å². The molecule has 1 N–H and O–H groups in total. The number of aromatic nitrogens is 1. The van der Waals surface area contributed by atoms with Crippen LogP contribution in [0, 0.1) is 17.5 Å². The topological polar surface area (TPSA) is 74.8 Å². The van der Waals surface area contributed by atoms with Gasteiger partial charge >= 0.3 is 0 Å². The smallest absolute Gasteiger partial charge is 0.257 e. The van der Waals surface area contributed by atoms with Crippen LogP contribution in [0.1, 0.15) is 33.6 Å². The SMILES string of the molecule is O=C(NC[C@@H]1CCCO1)c1cccnc1N1CCN(C(=O)c2cc(F)cc(F)c2F)CC1. The Hall–Kier alpha value is -3.14. The van der Waals surface area contributed by atoms with Gasteiger partial charge in [-0.1, -0.05) is 0 Å². The van der Waals surface area contributed by atoms with Crippen LogP contribution in [-0.4, -0.2) is 67.1 Å². The molecule has 2 aromatic rings. The van der Waals surface area contributed by atoms with Crippen molar-refractivity contribution < 1.29 is 27.5 Å². The zero-order valence-electron chi connectivity index (χ0n) is 17.3. The van der Waals surface area contributed by atoms with Gasteiger partial charge in [-0.3, -0.25) is 9.59 Å². The summed E-state index contributed by atoms with van der Waals surface area (Å²) in [6, 6.07) is 4.44. The summed E-state index contributed by atoms with van der Waals surface area (Å²) in [5, 5.41) is 2.88. The van der Waals surface area contributed by atoms with Crippen molar-refractivity contribution in [3.63, 3.8) is 0 Å². The van der Waals surface area contributed by atoms with Gasteiger partial charge in [0.1, 0.15) is 11.6 Å². The summed E-state index contributed by atoms with van der Waals surface area (Å²) >= 11 is 0. The van der Waals surface area contributed by atoms with E-state index < -0.39 is 28.9 Å². The molecule has 1 atom stereocenters. The molecule has 0 radical (unpaired) electrons. The van der Waals surface area contributed by atoms with Crippen LogP contribution in [0.15, 0.2) is 30.5 Å². The number of nitrogens with zero attached hydrogens (tertiary/aromatic N) is 3. The number of nitrogens with one attached hydrogen (secondary N) is 1. The van der Waals surface area contributed by atoms with E-state index in [0.29, 0.717) is 49.8 Å². The Morgan fingerprint density at radius 2 is 1.91 bits per heavy atom. The second kappa shape index (κ2) is 9.56. The Labute approximate surface area is 183 Å². The Bertz CT molecular complexity index is 1010. The Morgan fingerprint density at radius 3 is 2.62 bits per heavy atom. The molecular weight excluding hydrogens is 425 g/mol. The number of pyridine rings is 1. The number of hydrogen-bond donors (Lipinski definition) is 1. The lowest BCUT2D eigenvalue weighted by atomic mass is 10.1. The first-order valence-electron chi connectivity index (χ1n) is 10.5. The molecule has 7 nitrogen and oxygen atoms in total. The number of carbonyl (C=O) groups excluding carboxylic acids is 2. The molecule has 2 fully saturated rings. The molecule has 2 amide bonds. The highest BCUT2D eigenvalue weighted by Gasteiger charge is 2.28. The van der Waals surface area contributed by atoms with E-state index in [2.05, 4.69) is 10.3 Å². The Morgan fingerprint density at radius 1 is 1.12 bits per heavy atom. The van der Waals surface area contributed by atoms with Crippen LogP contribution in [0.5, 0.6) is 0 Å². The van der Waals surface area contributed by atoms with Crippen LogP contribution in [0.3, 0.4) is 0 Å². The molecule has 2 aliphatic rings. The van der Waals surface area contributed by atoms with E-state index in [9.17, 15) is 22.8 Å². The number of piperazine rings is 1. The zero-order chi connectivity index (χ0) is 22.7. The summed E-state index contributed by atoms with van der Waals surface area (Å²) in [6.07, 6.45) is 3.48. The number of halogens is 3. The molecule has 0 unspecified atom stereocenters. The molecule has 4 rings (SSSR count). The summed E-state index contributed by atoms with van der Waals surface area (Å²) in [6.45, 7) is 2.15. The highest BCUT2D eigenvalue weighted by molar-refractivity contribution is 5.99. The van der Waals surface area contributed by atoms with Crippen LogP contribution >= 0.6 is 0 Å². The van der Waals surface area contributed by atoms with Gasteiger partial charge in [-0.05, 0) is 31.0 Å². The molecule has 0 aliphatic carbocycles. The third-order valence-corrected chi connectivity index (χ3v) is 5.64. The molecule has 2 saturated heterocycles. The van der Waals surface area contributed by atoms with Gasteiger partial charge in [0, 0.05) is 51.6 Å². The molecule has 3 heterocycles. The predicted octanol–water partition coefficient (Wildman–Crippen LogP) is 2.37. The van der Waals surface area contributed by atoms with E-state index in [1.54, 1.807) is 18.3 Å². The fourth-order valence-corrected chi connectivity index (χ4v) is 3.94. The summed E-state index contributed by atoms with van der Waals surface area (Å²) in [5.41, 5.74) is -0.230. The number of rotatable bonds is 5. The van der Waals surface area contributed by atoms with Gasteiger partial charge in [-0.2, -0.15) is 0 Å². The maximum Gasteiger partial charge on any atom is 0.257 e. The van der Waals surface area contributed by atoms with Crippen molar-refractivity contribution in [2.45, 2.75) is 18.9 Å². The van der Waals surface area contributed by atoms with Gasteiger partial charge in [-0.15, -0.1) is 0 Å². The second-order valence-electron chi connectivity index (χ2n) is 7.75. The summed E-state index contributed by atoms with van der Waals surface area (Å²) < 4.78 is 46.5. The van der Waals surface area contributed by atoms with Crippen molar-refractivity contribution in [2.24, 2.45) is 0 Å².